The van der Waals surface area contributed by atoms with Gasteiger partial charge in [0.1, 0.15) is 5.69 Å². The average Bonchev–Trinajstić information content (AvgIpc) is 2.72. The van der Waals surface area contributed by atoms with Crippen molar-refractivity contribution in [3.05, 3.63) is 77.6 Å². The molecule has 5 nitrogen and oxygen atoms in total. The number of para-hydroxylation sites is 1. The lowest BCUT2D eigenvalue weighted by Crippen LogP contribution is -2.21. The second kappa shape index (κ2) is 9.24. The number of pyridine rings is 1. The van der Waals surface area contributed by atoms with Crippen LogP contribution in [-0.2, 0) is 0 Å². The van der Waals surface area contributed by atoms with E-state index in [4.69, 9.17) is 11.6 Å². The molecule has 0 saturated heterocycles. The lowest BCUT2D eigenvalue weighted by molar-refractivity contribution is 0.102. The van der Waals surface area contributed by atoms with Crippen molar-refractivity contribution < 1.29 is 4.79 Å². The molecule has 3 aromatic rings. The summed E-state index contributed by atoms with van der Waals surface area (Å²) < 4.78 is 0. The van der Waals surface area contributed by atoms with Gasteiger partial charge in [-0.05, 0) is 62.4 Å². The van der Waals surface area contributed by atoms with Crippen molar-refractivity contribution in [2.75, 3.05) is 28.6 Å². The number of hydrogen-bond donors (Lipinski definition) is 2. The van der Waals surface area contributed by atoms with Crippen LogP contribution in [0.25, 0.3) is 0 Å². The SMILES string of the molecule is CCN(CC)c1ccc(NC(=O)c2ccc(Nc3ccccc3Cl)cn2)cc1. The number of anilines is 4. The molecule has 1 heterocycles. The van der Waals surface area contributed by atoms with Crippen LogP contribution in [0.2, 0.25) is 5.02 Å². The summed E-state index contributed by atoms with van der Waals surface area (Å²) >= 11 is 6.15. The summed E-state index contributed by atoms with van der Waals surface area (Å²) in [5.41, 5.74) is 3.76. The van der Waals surface area contributed by atoms with E-state index in [-0.39, 0.29) is 5.91 Å². The van der Waals surface area contributed by atoms with Crippen LogP contribution in [0.1, 0.15) is 24.3 Å². The third-order valence-corrected chi connectivity index (χ3v) is 4.73. The first kappa shape index (κ1) is 19.7. The number of amides is 1. The molecule has 2 N–H and O–H groups in total. The summed E-state index contributed by atoms with van der Waals surface area (Å²) in [5.74, 6) is -0.250. The predicted octanol–water partition coefficient (Wildman–Crippen LogP) is 5.58. The first-order valence-corrected chi connectivity index (χ1v) is 9.62. The molecule has 6 heteroatoms. The van der Waals surface area contributed by atoms with Gasteiger partial charge in [0.15, 0.2) is 0 Å². The molecule has 3 rings (SSSR count). The molecular weight excluding hydrogens is 372 g/mol. The average molecular weight is 395 g/mol. The highest BCUT2D eigenvalue weighted by Gasteiger charge is 2.09. The number of rotatable bonds is 7. The second-order valence-corrected chi connectivity index (χ2v) is 6.62. The molecule has 28 heavy (non-hydrogen) atoms. The van der Waals surface area contributed by atoms with Gasteiger partial charge in [-0.3, -0.25) is 4.79 Å². The maximum atomic E-state index is 12.4. The van der Waals surface area contributed by atoms with Crippen LogP contribution in [0.5, 0.6) is 0 Å². The predicted molar refractivity (Wildman–Crippen MR) is 117 cm³/mol. The summed E-state index contributed by atoms with van der Waals surface area (Å²) in [7, 11) is 0. The summed E-state index contributed by atoms with van der Waals surface area (Å²) in [5, 5.41) is 6.68. The van der Waals surface area contributed by atoms with Crippen molar-refractivity contribution in [1.29, 1.82) is 0 Å². The fourth-order valence-electron chi connectivity index (χ4n) is 2.86. The number of carbonyl (C=O) groups is 1. The normalized spacial score (nSPS) is 10.4. The molecule has 0 spiro atoms. The van der Waals surface area contributed by atoms with Gasteiger partial charge in [-0.15, -0.1) is 0 Å². The number of benzene rings is 2. The van der Waals surface area contributed by atoms with Gasteiger partial charge in [0, 0.05) is 24.5 Å². The third-order valence-electron chi connectivity index (χ3n) is 4.40. The Morgan fingerprint density at radius 2 is 1.64 bits per heavy atom. The van der Waals surface area contributed by atoms with Crippen molar-refractivity contribution >= 4 is 40.3 Å². The Kier molecular flexibility index (Phi) is 6.50. The van der Waals surface area contributed by atoms with Crippen molar-refractivity contribution in [2.24, 2.45) is 0 Å². The van der Waals surface area contributed by atoms with Gasteiger partial charge in [-0.25, -0.2) is 4.98 Å². The van der Waals surface area contributed by atoms with Crippen molar-refractivity contribution in [3.8, 4) is 0 Å². The van der Waals surface area contributed by atoms with Crippen molar-refractivity contribution in [2.45, 2.75) is 13.8 Å². The zero-order chi connectivity index (χ0) is 19.9. The fraction of sp³-hybridized carbons (Fsp3) is 0.182. The van der Waals surface area contributed by atoms with Gasteiger partial charge in [0.25, 0.3) is 5.91 Å². The van der Waals surface area contributed by atoms with E-state index < -0.39 is 0 Å². The van der Waals surface area contributed by atoms with E-state index >= 15 is 0 Å². The molecule has 0 aliphatic carbocycles. The topological polar surface area (TPSA) is 57.3 Å². The molecule has 0 bridgehead atoms. The molecule has 0 saturated carbocycles. The molecule has 0 unspecified atom stereocenters. The van der Waals surface area contributed by atoms with Crippen LogP contribution in [0.4, 0.5) is 22.7 Å². The van der Waals surface area contributed by atoms with E-state index in [9.17, 15) is 4.79 Å². The van der Waals surface area contributed by atoms with E-state index in [1.54, 1.807) is 18.3 Å². The number of nitrogens with one attached hydrogen (secondary N) is 2. The largest absolute Gasteiger partial charge is 0.372 e. The zero-order valence-corrected chi connectivity index (χ0v) is 16.7. The Balaban J connectivity index is 1.64. The Labute approximate surface area is 170 Å². The molecular formula is C22H23ClN4O. The summed E-state index contributed by atoms with van der Waals surface area (Å²) in [6, 6.07) is 18.8. The molecule has 0 fully saturated rings. The van der Waals surface area contributed by atoms with Crippen molar-refractivity contribution in [1.82, 2.24) is 4.98 Å². The minimum atomic E-state index is -0.250. The van der Waals surface area contributed by atoms with Gasteiger partial charge in [-0.1, -0.05) is 23.7 Å². The molecule has 1 amide bonds. The molecule has 0 atom stereocenters. The molecule has 0 aliphatic heterocycles. The van der Waals surface area contributed by atoms with Gasteiger partial charge >= 0.3 is 0 Å². The Hall–Kier alpha value is -3.05. The standard InChI is InChI=1S/C22H23ClN4O/c1-3-27(4-2)18-12-9-16(10-13-18)26-22(28)21-14-11-17(15-24-21)25-20-8-6-5-7-19(20)23/h5-15,25H,3-4H2,1-2H3,(H,26,28). The van der Waals surface area contributed by atoms with E-state index in [1.807, 2.05) is 48.5 Å². The number of nitrogens with zero attached hydrogens (tertiary/aromatic N) is 2. The third kappa shape index (κ3) is 4.81. The quantitative estimate of drug-likeness (QED) is 0.549. The van der Waals surface area contributed by atoms with Gasteiger partial charge in [-0.2, -0.15) is 0 Å². The number of carbonyl (C=O) groups excluding carboxylic acids is 1. The monoisotopic (exact) mass is 394 g/mol. The van der Waals surface area contributed by atoms with Crippen LogP contribution >= 0.6 is 11.6 Å². The molecule has 144 valence electrons. The maximum absolute atomic E-state index is 12.4. The molecule has 0 radical (unpaired) electrons. The highest BCUT2D eigenvalue weighted by Crippen LogP contribution is 2.24. The van der Waals surface area contributed by atoms with Gasteiger partial charge in [0.2, 0.25) is 0 Å². The lowest BCUT2D eigenvalue weighted by Gasteiger charge is -2.21. The van der Waals surface area contributed by atoms with Crippen LogP contribution in [0.3, 0.4) is 0 Å². The maximum Gasteiger partial charge on any atom is 0.274 e. The summed E-state index contributed by atoms with van der Waals surface area (Å²) in [6.07, 6.45) is 1.61. The highest BCUT2D eigenvalue weighted by atomic mass is 35.5. The van der Waals surface area contributed by atoms with Crippen LogP contribution in [0.15, 0.2) is 66.9 Å². The number of aromatic nitrogens is 1. The second-order valence-electron chi connectivity index (χ2n) is 6.21. The fourth-order valence-corrected chi connectivity index (χ4v) is 3.04. The highest BCUT2D eigenvalue weighted by molar-refractivity contribution is 6.33. The first-order valence-electron chi connectivity index (χ1n) is 9.24. The number of hydrogen-bond acceptors (Lipinski definition) is 4. The van der Waals surface area contributed by atoms with Crippen molar-refractivity contribution in [3.63, 3.8) is 0 Å². The van der Waals surface area contributed by atoms with Crippen LogP contribution < -0.4 is 15.5 Å². The van der Waals surface area contributed by atoms with E-state index in [2.05, 4.69) is 34.4 Å². The molecule has 0 aliphatic rings. The van der Waals surface area contributed by atoms with E-state index in [0.29, 0.717) is 10.7 Å². The minimum absolute atomic E-state index is 0.250. The first-order chi connectivity index (χ1) is 13.6. The van der Waals surface area contributed by atoms with Crippen LogP contribution in [-0.4, -0.2) is 24.0 Å². The van der Waals surface area contributed by atoms with E-state index in [1.165, 1.54) is 0 Å². The molecule has 2 aromatic carbocycles. The summed E-state index contributed by atoms with van der Waals surface area (Å²) in [4.78, 5) is 18.9. The minimum Gasteiger partial charge on any atom is -0.372 e. The number of halogens is 1. The summed E-state index contributed by atoms with van der Waals surface area (Å²) in [6.45, 7) is 6.13. The van der Waals surface area contributed by atoms with Gasteiger partial charge in [0.05, 0.1) is 22.6 Å². The van der Waals surface area contributed by atoms with Crippen LogP contribution in [0, 0.1) is 0 Å². The van der Waals surface area contributed by atoms with Gasteiger partial charge < -0.3 is 15.5 Å². The molecule has 1 aromatic heterocycles. The Morgan fingerprint density at radius 1 is 0.964 bits per heavy atom. The Bertz CT molecular complexity index is 922. The Morgan fingerprint density at radius 3 is 2.25 bits per heavy atom. The van der Waals surface area contributed by atoms with E-state index in [0.717, 1.165) is 35.8 Å². The lowest BCUT2D eigenvalue weighted by atomic mass is 10.2. The smallest absolute Gasteiger partial charge is 0.274 e. The zero-order valence-electron chi connectivity index (χ0n) is 15.9.